The number of phenolic OH excluding ortho intramolecular Hbond substituents is 1. The fraction of sp³-hybridized carbons (Fsp3) is 0.462. The van der Waals surface area contributed by atoms with E-state index in [0.717, 1.165) is 29.7 Å². The Balaban J connectivity index is 1.77. The highest BCUT2D eigenvalue weighted by molar-refractivity contribution is 14.1. The number of benzene rings is 1. The summed E-state index contributed by atoms with van der Waals surface area (Å²) in [5, 5.41) is 13.0. The number of amides is 1. The topological polar surface area (TPSA) is 52.6 Å². The Morgan fingerprint density at radius 3 is 2.61 bits per heavy atom. The zero-order valence-electron chi connectivity index (χ0n) is 9.90. The lowest BCUT2D eigenvalue weighted by molar-refractivity contribution is 0.0781. The summed E-state index contributed by atoms with van der Waals surface area (Å²) in [7, 11) is 0. The maximum Gasteiger partial charge on any atom is 0.254 e. The van der Waals surface area contributed by atoms with Crippen LogP contribution in [0.2, 0.25) is 0 Å². The van der Waals surface area contributed by atoms with E-state index in [1.54, 1.807) is 18.2 Å². The number of rotatable bonds is 1. The summed E-state index contributed by atoms with van der Waals surface area (Å²) in [6.45, 7) is 3.71. The molecule has 0 bridgehead atoms. The van der Waals surface area contributed by atoms with Gasteiger partial charge in [-0.2, -0.15) is 0 Å². The van der Waals surface area contributed by atoms with Gasteiger partial charge in [-0.15, -0.1) is 0 Å². The van der Waals surface area contributed by atoms with Crippen LogP contribution in [-0.4, -0.2) is 42.1 Å². The summed E-state index contributed by atoms with van der Waals surface area (Å²) >= 11 is 2.05. The third kappa shape index (κ3) is 2.09. The van der Waals surface area contributed by atoms with Crippen LogP contribution in [0.25, 0.3) is 0 Å². The zero-order chi connectivity index (χ0) is 12.7. The Morgan fingerprint density at radius 1 is 1.33 bits per heavy atom. The lowest BCUT2D eigenvalue weighted by Crippen LogP contribution is -2.31. The van der Waals surface area contributed by atoms with E-state index in [1.807, 2.05) is 4.90 Å². The second kappa shape index (κ2) is 4.70. The summed E-state index contributed by atoms with van der Waals surface area (Å²) < 4.78 is 0.770. The molecule has 1 amide bonds. The molecule has 2 heterocycles. The smallest absolute Gasteiger partial charge is 0.254 e. The summed E-state index contributed by atoms with van der Waals surface area (Å²) in [5.74, 6) is 1.43. The molecule has 18 heavy (non-hydrogen) atoms. The number of hydrogen-bond donors (Lipinski definition) is 2. The molecule has 5 heteroatoms. The third-order valence-corrected chi connectivity index (χ3v) is 4.78. The van der Waals surface area contributed by atoms with Gasteiger partial charge in [-0.3, -0.25) is 4.79 Å². The SMILES string of the molecule is O=C(c1ccc(I)c(O)c1)N1CC2CNCC2C1. The number of aromatic hydroxyl groups is 1. The third-order valence-electron chi connectivity index (χ3n) is 3.87. The minimum atomic E-state index is 0.0381. The van der Waals surface area contributed by atoms with Gasteiger partial charge >= 0.3 is 0 Å². The highest BCUT2D eigenvalue weighted by Crippen LogP contribution is 2.28. The monoisotopic (exact) mass is 358 g/mol. The lowest BCUT2D eigenvalue weighted by atomic mass is 10.0. The molecule has 2 fully saturated rings. The van der Waals surface area contributed by atoms with Crippen molar-refractivity contribution in [1.29, 1.82) is 0 Å². The van der Waals surface area contributed by atoms with Crippen LogP contribution < -0.4 is 5.32 Å². The first kappa shape index (κ1) is 12.2. The number of phenols is 1. The van der Waals surface area contributed by atoms with Crippen LogP contribution >= 0.6 is 22.6 Å². The molecule has 2 aliphatic rings. The van der Waals surface area contributed by atoms with Crippen LogP contribution in [0.15, 0.2) is 18.2 Å². The molecule has 0 saturated carbocycles. The van der Waals surface area contributed by atoms with E-state index in [9.17, 15) is 9.90 Å². The summed E-state index contributed by atoms with van der Waals surface area (Å²) in [4.78, 5) is 14.2. The van der Waals surface area contributed by atoms with E-state index in [0.29, 0.717) is 17.4 Å². The Hall–Kier alpha value is -0.820. The lowest BCUT2D eigenvalue weighted by Gasteiger charge is -2.17. The van der Waals surface area contributed by atoms with Crippen LogP contribution in [0.4, 0.5) is 0 Å². The number of hydrogen-bond acceptors (Lipinski definition) is 3. The number of carbonyl (C=O) groups excluding carboxylic acids is 1. The Morgan fingerprint density at radius 2 is 2.00 bits per heavy atom. The molecule has 2 atom stereocenters. The normalized spacial score (nSPS) is 26.4. The summed E-state index contributed by atoms with van der Waals surface area (Å²) in [6.07, 6.45) is 0. The van der Waals surface area contributed by atoms with Crippen LogP contribution in [0.1, 0.15) is 10.4 Å². The molecule has 0 aliphatic carbocycles. The number of carbonyl (C=O) groups is 1. The van der Waals surface area contributed by atoms with Crippen molar-refractivity contribution >= 4 is 28.5 Å². The number of nitrogens with zero attached hydrogens (tertiary/aromatic N) is 1. The fourth-order valence-electron chi connectivity index (χ4n) is 2.85. The van der Waals surface area contributed by atoms with Gasteiger partial charge in [0, 0.05) is 31.7 Å². The van der Waals surface area contributed by atoms with Gasteiger partial charge in [-0.25, -0.2) is 0 Å². The van der Waals surface area contributed by atoms with E-state index in [1.165, 1.54) is 0 Å². The minimum absolute atomic E-state index is 0.0381. The second-order valence-electron chi connectivity index (χ2n) is 5.05. The molecular weight excluding hydrogens is 343 g/mol. The van der Waals surface area contributed by atoms with Gasteiger partial charge in [-0.1, -0.05) is 0 Å². The van der Waals surface area contributed by atoms with E-state index in [-0.39, 0.29) is 11.7 Å². The standard InChI is InChI=1S/C13H15IN2O2/c14-11-2-1-8(3-12(11)17)13(18)16-6-9-4-15-5-10(9)7-16/h1-3,9-10,15,17H,4-7H2. The molecule has 1 aromatic rings. The van der Waals surface area contributed by atoms with E-state index >= 15 is 0 Å². The van der Waals surface area contributed by atoms with Crippen LogP contribution in [0.3, 0.4) is 0 Å². The van der Waals surface area contributed by atoms with E-state index in [2.05, 4.69) is 27.9 Å². The summed E-state index contributed by atoms with van der Waals surface area (Å²) in [5.41, 5.74) is 0.584. The van der Waals surface area contributed by atoms with Crippen molar-refractivity contribution in [3.8, 4) is 5.75 Å². The largest absolute Gasteiger partial charge is 0.507 e. The Kier molecular flexibility index (Phi) is 3.19. The van der Waals surface area contributed by atoms with Crippen LogP contribution in [-0.2, 0) is 0 Å². The number of likely N-dealkylation sites (tertiary alicyclic amines) is 1. The van der Waals surface area contributed by atoms with Crippen molar-refractivity contribution < 1.29 is 9.90 Å². The van der Waals surface area contributed by atoms with E-state index in [4.69, 9.17) is 0 Å². The molecule has 2 saturated heterocycles. The second-order valence-corrected chi connectivity index (χ2v) is 6.22. The first-order chi connectivity index (χ1) is 8.65. The van der Waals surface area contributed by atoms with Gasteiger partial charge < -0.3 is 15.3 Å². The Labute approximate surface area is 120 Å². The Bertz CT molecular complexity index is 480. The molecule has 2 aliphatic heterocycles. The minimum Gasteiger partial charge on any atom is -0.507 e. The predicted molar refractivity (Wildman–Crippen MR) is 76.6 cm³/mol. The molecule has 3 rings (SSSR count). The van der Waals surface area contributed by atoms with Crippen molar-refractivity contribution in [3.63, 3.8) is 0 Å². The van der Waals surface area contributed by atoms with Gasteiger partial charge in [0.2, 0.25) is 0 Å². The van der Waals surface area contributed by atoms with Crippen molar-refractivity contribution in [2.45, 2.75) is 0 Å². The van der Waals surface area contributed by atoms with Crippen molar-refractivity contribution in [2.75, 3.05) is 26.2 Å². The van der Waals surface area contributed by atoms with Crippen LogP contribution in [0.5, 0.6) is 5.75 Å². The fourth-order valence-corrected chi connectivity index (χ4v) is 3.18. The average molecular weight is 358 g/mol. The first-order valence-electron chi connectivity index (χ1n) is 6.13. The quantitative estimate of drug-likeness (QED) is 0.744. The number of fused-ring (bicyclic) bond motifs is 1. The molecule has 2 unspecified atom stereocenters. The molecule has 4 nitrogen and oxygen atoms in total. The van der Waals surface area contributed by atoms with Gasteiger partial charge in [0.15, 0.2) is 0 Å². The molecule has 0 spiro atoms. The number of nitrogens with one attached hydrogen (secondary N) is 1. The van der Waals surface area contributed by atoms with Gasteiger partial charge in [0.1, 0.15) is 5.75 Å². The van der Waals surface area contributed by atoms with Crippen molar-refractivity contribution in [3.05, 3.63) is 27.3 Å². The number of halogens is 1. The predicted octanol–water partition coefficient (Wildman–Crippen LogP) is 1.29. The van der Waals surface area contributed by atoms with Gasteiger partial charge in [0.25, 0.3) is 5.91 Å². The zero-order valence-corrected chi connectivity index (χ0v) is 12.1. The highest BCUT2D eigenvalue weighted by Gasteiger charge is 2.38. The van der Waals surface area contributed by atoms with Gasteiger partial charge in [0.05, 0.1) is 3.57 Å². The highest BCUT2D eigenvalue weighted by atomic mass is 127. The molecule has 96 valence electrons. The maximum atomic E-state index is 12.3. The van der Waals surface area contributed by atoms with Gasteiger partial charge in [-0.05, 0) is 52.6 Å². The van der Waals surface area contributed by atoms with Crippen molar-refractivity contribution in [1.82, 2.24) is 10.2 Å². The molecule has 2 N–H and O–H groups in total. The first-order valence-corrected chi connectivity index (χ1v) is 7.21. The molecular formula is C13H15IN2O2. The molecule has 0 radical (unpaired) electrons. The van der Waals surface area contributed by atoms with E-state index < -0.39 is 0 Å². The maximum absolute atomic E-state index is 12.3. The average Bonchev–Trinajstić information content (AvgIpc) is 2.92. The van der Waals surface area contributed by atoms with Crippen molar-refractivity contribution in [2.24, 2.45) is 11.8 Å². The molecule has 1 aromatic carbocycles. The van der Waals surface area contributed by atoms with Crippen LogP contribution in [0, 0.1) is 15.4 Å². The molecule has 0 aromatic heterocycles. The summed E-state index contributed by atoms with van der Waals surface area (Å²) in [6, 6.07) is 5.13.